The fourth-order valence-corrected chi connectivity index (χ4v) is 1.35. The summed E-state index contributed by atoms with van der Waals surface area (Å²) >= 11 is 0. The van der Waals surface area contributed by atoms with Crippen LogP contribution in [-0.4, -0.2) is 26.2 Å². The van der Waals surface area contributed by atoms with Gasteiger partial charge in [-0.3, -0.25) is 6.08 Å². The van der Waals surface area contributed by atoms with Gasteiger partial charge < -0.3 is 18.1 Å². The zero-order chi connectivity index (χ0) is 16.0. The van der Waals surface area contributed by atoms with E-state index in [1.165, 1.54) is 0 Å². The van der Waals surface area contributed by atoms with Gasteiger partial charge in [-0.1, -0.05) is 38.8 Å². The van der Waals surface area contributed by atoms with Gasteiger partial charge in [0.05, 0.1) is 0 Å². The monoisotopic (exact) mass is 352 g/mol. The number of hydrogen-bond donors (Lipinski definition) is 0. The summed E-state index contributed by atoms with van der Waals surface area (Å²) in [6.45, 7) is 15.3. The molecule has 1 aliphatic carbocycles. The van der Waals surface area contributed by atoms with E-state index in [9.17, 15) is 0 Å². The van der Waals surface area contributed by atoms with Crippen molar-refractivity contribution in [2.75, 3.05) is 26.2 Å². The van der Waals surface area contributed by atoms with Gasteiger partial charge in [0.15, 0.2) is 0 Å². The molecular formula is C20H36N2Ti. The van der Waals surface area contributed by atoms with Crippen molar-refractivity contribution in [3.05, 3.63) is 67.7 Å². The van der Waals surface area contributed by atoms with Crippen LogP contribution in [0.15, 0.2) is 43.5 Å². The van der Waals surface area contributed by atoms with E-state index in [0.717, 1.165) is 58.3 Å². The Hall–Kier alpha value is -0.406. The quantitative estimate of drug-likeness (QED) is 0.187. The minimum absolute atomic E-state index is 0. The van der Waals surface area contributed by atoms with E-state index < -0.39 is 0 Å². The van der Waals surface area contributed by atoms with E-state index in [2.05, 4.69) is 49.8 Å². The molecule has 130 valence electrons. The Morgan fingerprint density at radius 3 is 1.70 bits per heavy atom. The van der Waals surface area contributed by atoms with Crippen LogP contribution in [0, 0.1) is 13.5 Å². The van der Waals surface area contributed by atoms with Crippen molar-refractivity contribution in [2.24, 2.45) is 0 Å². The molecule has 0 saturated heterocycles. The molecule has 0 unspecified atom stereocenters. The Bertz CT molecular complexity index is 234. The molecule has 1 rings (SSSR count). The summed E-state index contributed by atoms with van der Waals surface area (Å²) in [6.07, 6.45) is 18.4. The maximum absolute atomic E-state index is 4.16. The molecule has 0 aromatic rings. The van der Waals surface area contributed by atoms with Crippen LogP contribution in [0.1, 0.15) is 46.0 Å². The van der Waals surface area contributed by atoms with Crippen LogP contribution in [0.25, 0.3) is 10.6 Å². The van der Waals surface area contributed by atoms with Gasteiger partial charge >= 0.3 is 21.7 Å². The van der Waals surface area contributed by atoms with Gasteiger partial charge in [0.1, 0.15) is 0 Å². The Morgan fingerprint density at radius 1 is 1.00 bits per heavy atom. The van der Waals surface area contributed by atoms with Crippen molar-refractivity contribution in [3.8, 4) is 0 Å². The van der Waals surface area contributed by atoms with Crippen LogP contribution in [-0.2, 0) is 21.7 Å². The van der Waals surface area contributed by atoms with Crippen LogP contribution in [0.5, 0.6) is 0 Å². The Kier molecular flexibility index (Phi) is 44.1. The van der Waals surface area contributed by atoms with Crippen molar-refractivity contribution in [1.82, 2.24) is 0 Å². The molecule has 1 aliphatic rings. The first-order valence-electron chi connectivity index (χ1n) is 8.03. The molecule has 0 radical (unpaired) electrons. The molecule has 0 spiro atoms. The van der Waals surface area contributed by atoms with Gasteiger partial charge in [0, 0.05) is 0 Å². The van der Waals surface area contributed by atoms with E-state index in [1.807, 2.05) is 24.3 Å². The molecule has 0 bridgehead atoms. The van der Waals surface area contributed by atoms with Gasteiger partial charge in [0.25, 0.3) is 0 Å². The fourth-order valence-electron chi connectivity index (χ4n) is 1.35. The molecule has 3 heteroatoms. The molecule has 0 amide bonds. The minimum Gasteiger partial charge on any atom is -0.662 e. The third-order valence-corrected chi connectivity index (χ3v) is 2.48. The van der Waals surface area contributed by atoms with E-state index in [0.29, 0.717) is 0 Å². The van der Waals surface area contributed by atoms with E-state index >= 15 is 0 Å². The standard InChI is InChI=1S/2C7H14N.C5H5.CH3.Ti/c2*1-3-5-6-7-8-4-2;1-2-4-5-3-1;;/h2*3H,1,4-7H2,2H3;1-3H,4H2;1H3;/q4*-1;+4. The topological polar surface area (TPSA) is 28.2 Å². The third-order valence-electron chi connectivity index (χ3n) is 2.48. The summed E-state index contributed by atoms with van der Waals surface area (Å²) < 4.78 is 0. The second-order valence-electron chi connectivity index (χ2n) is 4.39. The Morgan fingerprint density at radius 2 is 1.48 bits per heavy atom. The largest absolute Gasteiger partial charge is 4.00 e. The Labute approximate surface area is 161 Å². The normalized spacial score (nSPS) is 10.2. The number of nitrogens with zero attached hydrogens (tertiary/aromatic N) is 2. The summed E-state index contributed by atoms with van der Waals surface area (Å²) in [7, 11) is 0. The van der Waals surface area contributed by atoms with Gasteiger partial charge in [-0.25, -0.2) is 12.2 Å². The molecule has 0 saturated carbocycles. The van der Waals surface area contributed by atoms with Crippen molar-refractivity contribution in [3.63, 3.8) is 0 Å². The first-order chi connectivity index (χ1) is 10.3. The smallest absolute Gasteiger partial charge is 0.662 e. The van der Waals surface area contributed by atoms with Crippen LogP contribution in [0.4, 0.5) is 0 Å². The van der Waals surface area contributed by atoms with Crippen LogP contribution >= 0.6 is 0 Å². The third kappa shape index (κ3) is 38.9. The molecule has 0 aromatic heterocycles. The predicted molar refractivity (Wildman–Crippen MR) is 104 cm³/mol. The number of allylic oxidation sites excluding steroid dienone is 6. The SMILES string of the molecule is C=CCCC[N-]CC.C=CCCC[N-]CC.[C-]1=CC=CC1.[CH3-].[Ti+4]. The fraction of sp³-hybridized carbons (Fsp3) is 0.550. The zero-order valence-electron chi connectivity index (χ0n) is 15.6. The van der Waals surface area contributed by atoms with Gasteiger partial charge in [-0.2, -0.15) is 19.2 Å². The van der Waals surface area contributed by atoms with Gasteiger partial charge in [0.2, 0.25) is 0 Å². The summed E-state index contributed by atoms with van der Waals surface area (Å²) in [4.78, 5) is 0. The van der Waals surface area contributed by atoms with Crippen molar-refractivity contribution < 1.29 is 21.7 Å². The number of hydrogen-bond acceptors (Lipinski definition) is 0. The maximum atomic E-state index is 4.16. The van der Waals surface area contributed by atoms with Crippen LogP contribution < -0.4 is 0 Å². The van der Waals surface area contributed by atoms with Crippen LogP contribution in [0.2, 0.25) is 0 Å². The van der Waals surface area contributed by atoms with E-state index in [4.69, 9.17) is 0 Å². The molecule has 0 aromatic carbocycles. The molecule has 2 nitrogen and oxygen atoms in total. The van der Waals surface area contributed by atoms with E-state index in [-0.39, 0.29) is 29.1 Å². The number of rotatable bonds is 10. The zero-order valence-corrected chi connectivity index (χ0v) is 17.1. The Balaban J connectivity index is -0.000000115. The van der Waals surface area contributed by atoms with Crippen molar-refractivity contribution in [1.29, 1.82) is 0 Å². The van der Waals surface area contributed by atoms with Crippen LogP contribution in [0.3, 0.4) is 0 Å². The van der Waals surface area contributed by atoms with Gasteiger partial charge in [-0.15, -0.1) is 32.7 Å². The maximum Gasteiger partial charge on any atom is 4.00 e. The van der Waals surface area contributed by atoms with Crippen molar-refractivity contribution >= 4 is 0 Å². The molecule has 0 heterocycles. The second kappa shape index (κ2) is 33.3. The average molecular weight is 352 g/mol. The molecule has 0 atom stereocenters. The molecule has 0 fully saturated rings. The molecular weight excluding hydrogens is 316 g/mol. The predicted octanol–water partition coefficient (Wildman–Crippen LogP) is 6.45. The summed E-state index contributed by atoms with van der Waals surface area (Å²) in [5.74, 6) is 0. The number of unbranched alkanes of at least 4 members (excludes halogenated alkanes) is 2. The van der Waals surface area contributed by atoms with Crippen molar-refractivity contribution in [2.45, 2.75) is 46.0 Å². The van der Waals surface area contributed by atoms with Gasteiger partial charge in [-0.05, 0) is 12.8 Å². The summed E-state index contributed by atoms with van der Waals surface area (Å²) in [6, 6.07) is 0. The minimum atomic E-state index is 0. The molecule has 23 heavy (non-hydrogen) atoms. The molecule has 0 aliphatic heterocycles. The van der Waals surface area contributed by atoms with E-state index in [1.54, 1.807) is 0 Å². The summed E-state index contributed by atoms with van der Waals surface area (Å²) in [5, 5.41) is 8.32. The molecule has 0 N–H and O–H groups in total. The first-order valence-corrected chi connectivity index (χ1v) is 8.03. The second-order valence-corrected chi connectivity index (χ2v) is 4.39. The average Bonchev–Trinajstić information content (AvgIpc) is 3.09. The first kappa shape index (κ1) is 30.5. The summed E-state index contributed by atoms with van der Waals surface area (Å²) in [5.41, 5.74) is 0.